The van der Waals surface area contributed by atoms with Crippen molar-refractivity contribution < 1.29 is 9.53 Å². The van der Waals surface area contributed by atoms with Crippen molar-refractivity contribution in [2.24, 2.45) is 0 Å². The Labute approximate surface area is 183 Å². The number of amides is 1. The van der Waals surface area contributed by atoms with Gasteiger partial charge in [-0.3, -0.25) is 19.1 Å². The van der Waals surface area contributed by atoms with Crippen LogP contribution in [0.2, 0.25) is 0 Å². The predicted octanol–water partition coefficient (Wildman–Crippen LogP) is 2.18. The smallest absolute Gasteiger partial charge is 0.336 e. The Balaban J connectivity index is 1.77. The summed E-state index contributed by atoms with van der Waals surface area (Å²) in [6.07, 6.45) is 3.32. The quantitative estimate of drug-likeness (QED) is 0.506. The number of hydrogen-bond donors (Lipinski definition) is 1. The molecule has 2 aromatic heterocycles. The highest BCUT2D eigenvalue weighted by atomic mass is 16.5. The number of nitrogens with zero attached hydrogens (tertiary/aromatic N) is 3. The molecule has 1 N–H and O–H groups in total. The Hall–Kier alpha value is -4.20. The highest BCUT2D eigenvalue weighted by Gasteiger charge is 2.17. The highest BCUT2D eigenvalue weighted by molar-refractivity contribution is 5.82. The summed E-state index contributed by atoms with van der Waals surface area (Å²) in [5.74, 6) is 0.256. The molecule has 4 rings (SSSR count). The summed E-state index contributed by atoms with van der Waals surface area (Å²) in [5.41, 5.74) is 1.50. The van der Waals surface area contributed by atoms with Crippen LogP contribution in [0.25, 0.3) is 16.6 Å². The Bertz CT molecular complexity index is 1390. The van der Waals surface area contributed by atoms with Gasteiger partial charge in [0.2, 0.25) is 5.91 Å². The summed E-state index contributed by atoms with van der Waals surface area (Å²) in [4.78, 5) is 43.3. The van der Waals surface area contributed by atoms with Gasteiger partial charge in [0.05, 0.1) is 23.7 Å². The third-order valence-electron chi connectivity index (χ3n) is 5.14. The fraction of sp³-hybridized carbons (Fsp3) is 0.167. The zero-order chi connectivity index (χ0) is 22.7. The van der Waals surface area contributed by atoms with Crippen molar-refractivity contribution in [2.75, 3.05) is 7.11 Å². The SMILES string of the molecule is COc1ccc(-n2c(=O)c3cc(C)ccc3n(CC(=O)NCc3cccnc3)c2=O)cc1. The molecular formula is C24H22N4O4. The van der Waals surface area contributed by atoms with E-state index in [2.05, 4.69) is 10.3 Å². The van der Waals surface area contributed by atoms with Gasteiger partial charge < -0.3 is 10.1 Å². The first kappa shape index (κ1) is 21.0. The number of carbonyl (C=O) groups is 1. The van der Waals surface area contributed by atoms with E-state index in [0.717, 1.165) is 15.7 Å². The number of nitrogens with one attached hydrogen (secondary N) is 1. The van der Waals surface area contributed by atoms with Crippen molar-refractivity contribution in [3.63, 3.8) is 0 Å². The van der Waals surface area contributed by atoms with Gasteiger partial charge in [-0.15, -0.1) is 0 Å². The molecule has 162 valence electrons. The van der Waals surface area contributed by atoms with Crippen molar-refractivity contribution in [2.45, 2.75) is 20.0 Å². The maximum absolute atomic E-state index is 13.4. The molecule has 1 amide bonds. The van der Waals surface area contributed by atoms with E-state index in [1.54, 1.807) is 54.9 Å². The van der Waals surface area contributed by atoms with Crippen LogP contribution in [-0.4, -0.2) is 27.1 Å². The molecule has 0 saturated heterocycles. The molecule has 2 aromatic carbocycles. The lowest BCUT2D eigenvalue weighted by molar-refractivity contribution is -0.121. The minimum absolute atomic E-state index is 0.227. The molecule has 0 aliphatic heterocycles. The van der Waals surface area contributed by atoms with Gasteiger partial charge in [-0.2, -0.15) is 0 Å². The summed E-state index contributed by atoms with van der Waals surface area (Å²) in [6, 6.07) is 15.5. The number of carbonyl (C=O) groups excluding carboxylic acids is 1. The number of ether oxygens (including phenoxy) is 1. The number of hydrogen-bond acceptors (Lipinski definition) is 5. The number of benzene rings is 2. The van der Waals surface area contributed by atoms with Crippen LogP contribution in [0.1, 0.15) is 11.1 Å². The summed E-state index contributed by atoms with van der Waals surface area (Å²) in [5, 5.41) is 3.16. The number of aryl methyl sites for hydroxylation is 1. The van der Waals surface area contributed by atoms with Crippen LogP contribution in [0.3, 0.4) is 0 Å². The molecule has 8 nitrogen and oxygen atoms in total. The molecule has 0 spiro atoms. The van der Waals surface area contributed by atoms with Crippen molar-refractivity contribution in [1.82, 2.24) is 19.4 Å². The molecule has 0 atom stereocenters. The number of fused-ring (bicyclic) bond motifs is 1. The number of pyridine rings is 1. The normalized spacial score (nSPS) is 10.8. The molecule has 8 heteroatoms. The van der Waals surface area contributed by atoms with Crippen LogP contribution < -0.4 is 21.3 Å². The first-order valence-corrected chi connectivity index (χ1v) is 10.0. The van der Waals surface area contributed by atoms with Gasteiger partial charge in [-0.1, -0.05) is 17.7 Å². The standard InChI is InChI=1S/C24H22N4O4/c1-16-5-10-21-20(12-16)23(30)28(18-6-8-19(32-2)9-7-18)24(31)27(21)15-22(29)26-14-17-4-3-11-25-13-17/h3-13H,14-15H2,1-2H3,(H,26,29). The van der Waals surface area contributed by atoms with Crippen LogP contribution >= 0.6 is 0 Å². The number of aromatic nitrogens is 3. The fourth-order valence-electron chi connectivity index (χ4n) is 3.50. The topological polar surface area (TPSA) is 95.2 Å². The lowest BCUT2D eigenvalue weighted by Crippen LogP contribution is -2.41. The van der Waals surface area contributed by atoms with Gasteiger partial charge >= 0.3 is 5.69 Å². The van der Waals surface area contributed by atoms with E-state index in [9.17, 15) is 14.4 Å². The van der Waals surface area contributed by atoms with E-state index in [0.29, 0.717) is 22.3 Å². The maximum atomic E-state index is 13.4. The summed E-state index contributed by atoms with van der Waals surface area (Å²) in [7, 11) is 1.54. The van der Waals surface area contributed by atoms with Gasteiger partial charge in [-0.05, 0) is 55.0 Å². The van der Waals surface area contributed by atoms with Crippen LogP contribution in [0.15, 0.2) is 76.6 Å². The molecule has 0 saturated carbocycles. The third kappa shape index (κ3) is 4.15. The van der Waals surface area contributed by atoms with Gasteiger partial charge in [0.25, 0.3) is 5.56 Å². The molecule has 0 aliphatic rings. The average molecular weight is 430 g/mol. The predicted molar refractivity (Wildman–Crippen MR) is 121 cm³/mol. The first-order valence-electron chi connectivity index (χ1n) is 10.0. The van der Waals surface area contributed by atoms with Crippen molar-refractivity contribution in [3.05, 3.63) is 99.0 Å². The van der Waals surface area contributed by atoms with Gasteiger partial charge in [-0.25, -0.2) is 9.36 Å². The Kier molecular flexibility index (Phi) is 5.85. The van der Waals surface area contributed by atoms with E-state index in [1.165, 1.54) is 11.7 Å². The molecule has 4 aromatic rings. The Morgan fingerprint density at radius 1 is 1.09 bits per heavy atom. The van der Waals surface area contributed by atoms with Crippen LogP contribution in [0.5, 0.6) is 5.75 Å². The second-order valence-corrected chi connectivity index (χ2v) is 7.37. The van der Waals surface area contributed by atoms with E-state index < -0.39 is 11.2 Å². The monoisotopic (exact) mass is 430 g/mol. The van der Waals surface area contributed by atoms with Crippen molar-refractivity contribution in [1.29, 1.82) is 0 Å². The van der Waals surface area contributed by atoms with E-state index in [1.807, 2.05) is 19.1 Å². The van der Waals surface area contributed by atoms with Crippen LogP contribution in [-0.2, 0) is 17.9 Å². The van der Waals surface area contributed by atoms with Gasteiger partial charge in [0, 0.05) is 18.9 Å². The maximum Gasteiger partial charge on any atom is 0.336 e. The summed E-state index contributed by atoms with van der Waals surface area (Å²) in [6.45, 7) is 1.93. The molecule has 2 heterocycles. The van der Waals surface area contributed by atoms with E-state index in [-0.39, 0.29) is 19.0 Å². The second-order valence-electron chi connectivity index (χ2n) is 7.37. The third-order valence-corrected chi connectivity index (χ3v) is 5.14. The Morgan fingerprint density at radius 2 is 1.88 bits per heavy atom. The number of rotatable bonds is 6. The molecule has 0 aliphatic carbocycles. The summed E-state index contributed by atoms with van der Waals surface area (Å²) >= 11 is 0. The lowest BCUT2D eigenvalue weighted by Gasteiger charge is -2.15. The van der Waals surface area contributed by atoms with Crippen LogP contribution in [0.4, 0.5) is 0 Å². The zero-order valence-corrected chi connectivity index (χ0v) is 17.7. The second kappa shape index (κ2) is 8.89. The van der Waals surface area contributed by atoms with Gasteiger partial charge in [0.15, 0.2) is 0 Å². The Morgan fingerprint density at radius 3 is 2.56 bits per heavy atom. The molecular weight excluding hydrogens is 408 g/mol. The minimum Gasteiger partial charge on any atom is -0.497 e. The molecule has 32 heavy (non-hydrogen) atoms. The van der Waals surface area contributed by atoms with E-state index >= 15 is 0 Å². The van der Waals surface area contributed by atoms with Crippen molar-refractivity contribution >= 4 is 16.8 Å². The summed E-state index contributed by atoms with van der Waals surface area (Å²) < 4.78 is 7.56. The van der Waals surface area contributed by atoms with Crippen molar-refractivity contribution in [3.8, 4) is 11.4 Å². The first-order chi connectivity index (χ1) is 15.5. The fourth-order valence-corrected chi connectivity index (χ4v) is 3.50. The van der Waals surface area contributed by atoms with Gasteiger partial charge in [0.1, 0.15) is 12.3 Å². The molecule has 0 fully saturated rings. The molecule has 0 radical (unpaired) electrons. The van der Waals surface area contributed by atoms with E-state index in [4.69, 9.17) is 4.74 Å². The molecule has 0 bridgehead atoms. The molecule has 0 unspecified atom stereocenters. The highest BCUT2D eigenvalue weighted by Crippen LogP contribution is 2.15. The zero-order valence-electron chi connectivity index (χ0n) is 17.7. The van der Waals surface area contributed by atoms with Crippen LogP contribution in [0, 0.1) is 6.92 Å². The average Bonchev–Trinajstić information content (AvgIpc) is 2.82. The largest absolute Gasteiger partial charge is 0.497 e. The minimum atomic E-state index is -0.590. The lowest BCUT2D eigenvalue weighted by atomic mass is 10.1. The number of methoxy groups -OCH3 is 1.